The molecule has 12 unspecified atom stereocenters. The average Bonchev–Trinajstić information content (AvgIpc) is 0.657. The van der Waals surface area contributed by atoms with Crippen LogP contribution in [-0.2, 0) is 20.8 Å². The summed E-state index contributed by atoms with van der Waals surface area (Å²) < 4.78 is 17.6. The number of esters is 3. The Morgan fingerprint density at radius 2 is 0.687 bits per heavy atom. The summed E-state index contributed by atoms with van der Waals surface area (Å²) in [6, 6.07) is 63.0. The van der Waals surface area contributed by atoms with Gasteiger partial charge >= 0.3 is 17.9 Å². The second-order valence-electron chi connectivity index (χ2n) is 36.8. The summed E-state index contributed by atoms with van der Waals surface area (Å²) in [5, 5.41) is 27.0. The van der Waals surface area contributed by atoms with Gasteiger partial charge in [-0.2, -0.15) is 0 Å². The molecule has 9 heteroatoms. The summed E-state index contributed by atoms with van der Waals surface area (Å²) in [6.07, 6.45) is 30.0. The smallest absolute Gasteiger partial charge is 0.323 e. The predicted octanol–water partition coefficient (Wildman–Crippen LogP) is 27.6. The number of carbonyl (C=O) groups excluding carboxylic acids is 3. The molecule has 11 aliphatic rings. The van der Waals surface area contributed by atoms with Crippen LogP contribution in [0.15, 0.2) is 194 Å². The van der Waals surface area contributed by atoms with Crippen LogP contribution in [0.3, 0.4) is 0 Å². The predicted molar refractivity (Wildman–Crippen MR) is 469 cm³/mol. The van der Waals surface area contributed by atoms with Crippen molar-refractivity contribution in [2.45, 2.75) is 279 Å². The molecule has 0 aromatic heterocycles. The summed E-state index contributed by atoms with van der Waals surface area (Å²) in [5.41, 5.74) is 12.7. The van der Waals surface area contributed by atoms with Crippen LogP contribution in [0.1, 0.15) is 328 Å². The Morgan fingerprint density at radius 3 is 1.06 bits per heavy atom. The molecule has 9 bridgehead atoms. The maximum absolute atomic E-state index is 13.7. The number of benzene rings is 8. The van der Waals surface area contributed by atoms with E-state index in [1.807, 2.05) is 109 Å². The third kappa shape index (κ3) is 20.6. The quantitative estimate of drug-likeness (QED) is 0.0533. The molecule has 1 spiro atoms. The molecular formula is C106H136O9. The van der Waals surface area contributed by atoms with E-state index in [4.69, 9.17) is 29.5 Å². The molecule has 0 heterocycles. The van der Waals surface area contributed by atoms with Gasteiger partial charge < -0.3 is 29.5 Å². The number of carbonyl (C=O) groups is 3. The minimum Gasteiger partial charge on any atom is -0.508 e. The van der Waals surface area contributed by atoms with Crippen molar-refractivity contribution < 1.29 is 43.9 Å². The molecule has 0 saturated heterocycles. The van der Waals surface area contributed by atoms with E-state index in [9.17, 15) is 14.4 Å². The summed E-state index contributed by atoms with van der Waals surface area (Å²) in [7, 11) is 0. The van der Waals surface area contributed by atoms with Crippen LogP contribution in [0.2, 0.25) is 0 Å². The first-order chi connectivity index (χ1) is 55.6. The minimum atomic E-state index is -0.375. The molecule has 11 aliphatic carbocycles. The maximum Gasteiger partial charge on any atom is 0.323 e. The molecule has 10 fully saturated rings. The molecule has 0 aliphatic heterocycles. The van der Waals surface area contributed by atoms with Gasteiger partial charge in [0, 0.05) is 0 Å². The van der Waals surface area contributed by atoms with Crippen LogP contribution in [0, 0.1) is 70.0 Å². The van der Waals surface area contributed by atoms with Gasteiger partial charge in [-0.3, -0.25) is 14.4 Å². The molecule has 9 nitrogen and oxygen atoms in total. The van der Waals surface area contributed by atoms with E-state index >= 15 is 0 Å². The zero-order valence-corrected chi connectivity index (χ0v) is 71.6. The van der Waals surface area contributed by atoms with E-state index in [1.165, 1.54) is 122 Å². The fourth-order valence-electron chi connectivity index (χ4n) is 22.5. The Kier molecular flexibility index (Phi) is 29.6. The molecule has 0 amide bonds. The molecular weight excluding hydrogens is 1420 g/mol. The van der Waals surface area contributed by atoms with E-state index in [1.54, 1.807) is 36.4 Å². The third-order valence-corrected chi connectivity index (χ3v) is 29.7. The lowest BCUT2D eigenvalue weighted by atomic mass is 9.26. The van der Waals surface area contributed by atoms with Gasteiger partial charge in [0.2, 0.25) is 0 Å². The Bertz CT molecular complexity index is 4180. The largest absolute Gasteiger partial charge is 0.508 e. The lowest BCUT2D eigenvalue weighted by molar-refractivity contribution is -0.294. The number of hydrogen-bond acceptors (Lipinski definition) is 9. The van der Waals surface area contributed by atoms with Crippen LogP contribution in [-0.4, -0.2) is 33.2 Å². The van der Waals surface area contributed by atoms with Crippen LogP contribution in [0.25, 0.3) is 0 Å². The highest BCUT2D eigenvalue weighted by atomic mass is 16.5. The molecule has 8 aromatic rings. The molecule has 115 heavy (non-hydrogen) atoms. The molecule has 0 radical (unpaired) electrons. The normalized spacial score (nSPS) is 25.8. The van der Waals surface area contributed by atoms with Crippen molar-refractivity contribution in [1.82, 2.24) is 0 Å². The van der Waals surface area contributed by atoms with Gasteiger partial charge in [-0.15, -0.1) is 0 Å². The molecule has 10 saturated carbocycles. The Balaban J connectivity index is 0.000000134. The highest BCUT2D eigenvalue weighted by molar-refractivity contribution is 5.86. The van der Waals surface area contributed by atoms with Crippen LogP contribution in [0.4, 0.5) is 0 Å². The standard InChI is InChI=1S/C28H36O2.C25H24O2.C23H34O2.3C10H14O/c1-3-16(2)18-4-6-23(7-5-18)30-26(29)27-13-21-11-22(14-27)25-20-9-17-8-19(10-20)24(21)28(25,12-17)15-27;1-3-17(2)18-12-14-21(15-13-18)27-25(26)24-22-10-6-4-8-19(22)16-20-9-5-7-11-23(20)24;1-3-17(2)18-13-15-22(16-14-18)25-23(24)21-11-9-20(10-12-21)19-7-5-4-6-8-19;3*1-3-8(2)9-4-6-10(11)7-5-9/h4-7,16-17,19-22,24-25H,3,8-15H2,1-2H3;4-15,17,24H,3,16H2,1-2H3;13-17,19-21H,3-12H2,1-2H3;3*4-8,11H,3H2,1-2H3. The van der Waals surface area contributed by atoms with Crippen LogP contribution >= 0.6 is 0 Å². The van der Waals surface area contributed by atoms with Crippen molar-refractivity contribution in [3.8, 4) is 34.5 Å². The third-order valence-electron chi connectivity index (χ3n) is 29.7. The van der Waals surface area contributed by atoms with Gasteiger partial charge in [0.05, 0.1) is 11.3 Å². The van der Waals surface area contributed by atoms with Gasteiger partial charge in [-0.05, 0) is 345 Å². The minimum absolute atomic E-state index is 0.0154. The highest BCUT2D eigenvalue weighted by Crippen LogP contribution is 2.81. The monoisotopic (exact) mass is 1550 g/mol. The summed E-state index contributed by atoms with van der Waals surface area (Å²) in [5.74, 6) is 14.3. The summed E-state index contributed by atoms with van der Waals surface area (Å²) in [4.78, 5) is 39.3. The van der Waals surface area contributed by atoms with Gasteiger partial charge in [-0.1, -0.05) is 237 Å². The first kappa shape index (κ1) is 85.9. The van der Waals surface area contributed by atoms with Gasteiger partial charge in [-0.25, -0.2) is 0 Å². The average molecular weight is 1550 g/mol. The number of aromatic hydroxyl groups is 3. The topological polar surface area (TPSA) is 140 Å². The van der Waals surface area contributed by atoms with Crippen molar-refractivity contribution in [3.63, 3.8) is 0 Å². The Morgan fingerprint density at radius 1 is 0.357 bits per heavy atom. The lowest BCUT2D eigenvalue weighted by Crippen LogP contribution is -2.72. The zero-order chi connectivity index (χ0) is 81.5. The summed E-state index contributed by atoms with van der Waals surface area (Å²) >= 11 is 0. The molecule has 19 rings (SSSR count). The first-order valence-corrected chi connectivity index (χ1v) is 45.0. The Hall–Kier alpha value is -8.43. The fourth-order valence-corrected chi connectivity index (χ4v) is 22.5. The lowest BCUT2D eigenvalue weighted by Gasteiger charge is -2.78. The SMILES string of the molecule is CCC(C)c1ccc(O)cc1.CCC(C)c1ccc(O)cc1.CCC(C)c1ccc(O)cc1.CCC(C)c1ccc(OC(=O)C23CC4CC(C2)C2C5CC6CC(C5)C4C2(C6)C3)cc1.CCC(C)c1ccc(OC(=O)C2CCC(C3CCCCC3)CC2)cc1.CCC(C)c1ccc(OC(=O)C2c3ccccc3Cc3ccccc32)cc1. The fraction of sp³-hybridized carbons (Fsp3) is 0.519. The zero-order valence-electron chi connectivity index (χ0n) is 71.6. The number of ether oxygens (including phenoxy) is 3. The number of rotatable bonds is 19. The first-order valence-electron chi connectivity index (χ1n) is 45.0. The van der Waals surface area contributed by atoms with E-state index in [-0.39, 0.29) is 35.2 Å². The van der Waals surface area contributed by atoms with Gasteiger partial charge in [0.15, 0.2) is 0 Å². The van der Waals surface area contributed by atoms with Crippen molar-refractivity contribution >= 4 is 17.9 Å². The van der Waals surface area contributed by atoms with E-state index in [0.29, 0.717) is 69.7 Å². The molecule has 3 N–H and O–H groups in total. The van der Waals surface area contributed by atoms with Crippen molar-refractivity contribution in [1.29, 1.82) is 0 Å². The van der Waals surface area contributed by atoms with E-state index in [0.717, 1.165) is 147 Å². The van der Waals surface area contributed by atoms with Crippen molar-refractivity contribution in [2.24, 2.45) is 70.0 Å². The summed E-state index contributed by atoms with van der Waals surface area (Å²) in [6.45, 7) is 26.3. The van der Waals surface area contributed by atoms with Gasteiger partial charge in [0.25, 0.3) is 0 Å². The molecule has 12 atom stereocenters. The number of phenolic OH excluding ortho intramolecular Hbond substituents is 3. The Labute approximate surface area is 690 Å². The highest BCUT2D eigenvalue weighted by Gasteiger charge is 2.75. The number of phenols is 3. The second kappa shape index (κ2) is 39.7. The van der Waals surface area contributed by atoms with E-state index < -0.39 is 0 Å². The molecule has 8 aromatic carbocycles. The van der Waals surface area contributed by atoms with Crippen molar-refractivity contribution in [3.05, 3.63) is 250 Å². The molecule has 614 valence electrons. The van der Waals surface area contributed by atoms with Crippen LogP contribution < -0.4 is 14.2 Å². The van der Waals surface area contributed by atoms with Crippen LogP contribution in [0.5, 0.6) is 34.5 Å². The number of hydrogen-bond donors (Lipinski definition) is 3. The number of fused-ring (bicyclic) bond motifs is 2. The van der Waals surface area contributed by atoms with Crippen molar-refractivity contribution in [2.75, 3.05) is 0 Å². The van der Waals surface area contributed by atoms with Gasteiger partial charge in [0.1, 0.15) is 40.4 Å². The maximum atomic E-state index is 13.7. The van der Waals surface area contributed by atoms with E-state index in [2.05, 4.69) is 132 Å². The second-order valence-corrected chi connectivity index (χ2v) is 36.8.